The largest absolute Gasteiger partial charge is 0.480 e. The van der Waals surface area contributed by atoms with E-state index in [-0.39, 0.29) is 17.0 Å². The molecule has 2 aromatic rings. The van der Waals surface area contributed by atoms with Crippen LogP contribution in [0.15, 0.2) is 47.0 Å². The molecule has 1 aromatic heterocycles. The van der Waals surface area contributed by atoms with Crippen molar-refractivity contribution in [3.05, 3.63) is 59.5 Å². The Morgan fingerprint density at radius 1 is 1.34 bits per heavy atom. The van der Waals surface area contributed by atoms with Gasteiger partial charge in [0.2, 0.25) is 15.8 Å². The van der Waals surface area contributed by atoms with Crippen molar-refractivity contribution in [2.45, 2.75) is 42.0 Å². The molecule has 1 aromatic carbocycles. The Hall–Kier alpha value is -2.31. The molecule has 1 aliphatic carbocycles. The van der Waals surface area contributed by atoms with Crippen LogP contribution < -0.4 is 4.72 Å². The Bertz CT molecular complexity index is 1160. The van der Waals surface area contributed by atoms with E-state index in [1.165, 1.54) is 6.08 Å². The average Bonchev–Trinajstić information content (AvgIpc) is 3.13. The molecule has 12 heteroatoms. The van der Waals surface area contributed by atoms with Gasteiger partial charge in [-0.25, -0.2) is 8.42 Å². The summed E-state index contributed by atoms with van der Waals surface area (Å²) in [5.41, 5.74) is -1.06. The highest BCUT2D eigenvalue weighted by Gasteiger charge is 2.71. The molecule has 0 saturated heterocycles. The third-order valence-corrected chi connectivity index (χ3v) is 9.42. The first kappa shape index (κ1) is 22.9. The zero-order valence-electron chi connectivity index (χ0n) is 16.7. The molecule has 1 aliphatic heterocycles. The van der Waals surface area contributed by atoms with Crippen LogP contribution in [0.1, 0.15) is 42.7 Å². The van der Waals surface area contributed by atoms with Gasteiger partial charge in [-0.2, -0.15) is 17.9 Å². The predicted octanol–water partition coefficient (Wildman–Crippen LogP) is 4.06. The monoisotopic (exact) mass is 488 g/mol. The maximum Gasteiger partial charge on any atom is 0.452 e. The SMILES string of the molecule is CCC1[C@@H](c2ccccc2)[C@@]1(NS(=O)(=O)C1CC=C(c2cc(C(F)(F)F)on2)S1)C(=O)O. The van der Waals surface area contributed by atoms with Crippen molar-refractivity contribution >= 4 is 32.7 Å². The van der Waals surface area contributed by atoms with Crippen molar-refractivity contribution < 1.29 is 36.0 Å². The topological polar surface area (TPSA) is 110 Å². The highest BCUT2D eigenvalue weighted by atomic mass is 32.3. The van der Waals surface area contributed by atoms with Gasteiger partial charge in [-0.3, -0.25) is 4.79 Å². The van der Waals surface area contributed by atoms with Crippen LogP contribution in [0.25, 0.3) is 4.91 Å². The molecule has 32 heavy (non-hydrogen) atoms. The number of sulfonamides is 1. The van der Waals surface area contributed by atoms with E-state index in [0.29, 0.717) is 12.5 Å². The standard InChI is InChI=1S/C20H19F3N2O5S2/c1-2-12-17(11-6-4-3-5-7-11)19(12,18(26)27)25-32(28,29)16-9-8-14(31-16)13-10-15(30-24-13)20(21,22)23/h3-8,10,12,16-17,25H,2,9H2,1H3,(H,26,27)/t12?,16?,17-,19-/m1/s1. The number of carboxylic acids is 1. The van der Waals surface area contributed by atoms with Crippen LogP contribution in [0.3, 0.4) is 0 Å². The Kier molecular flexibility index (Phi) is 5.66. The van der Waals surface area contributed by atoms with Crippen molar-refractivity contribution in [2.24, 2.45) is 5.92 Å². The van der Waals surface area contributed by atoms with E-state index in [1.54, 1.807) is 37.3 Å². The molecule has 0 bridgehead atoms. The number of hydrogen-bond donors (Lipinski definition) is 2. The Morgan fingerprint density at radius 3 is 2.59 bits per heavy atom. The van der Waals surface area contributed by atoms with E-state index in [4.69, 9.17) is 0 Å². The molecule has 4 atom stereocenters. The fraction of sp³-hybridized carbons (Fsp3) is 0.400. The van der Waals surface area contributed by atoms with Gasteiger partial charge in [-0.05, 0) is 17.9 Å². The van der Waals surface area contributed by atoms with Crippen molar-refractivity contribution in [2.75, 3.05) is 0 Å². The number of benzene rings is 1. The molecule has 4 rings (SSSR count). The van der Waals surface area contributed by atoms with Crippen LogP contribution in [-0.4, -0.2) is 34.8 Å². The molecule has 172 valence electrons. The van der Waals surface area contributed by atoms with Crippen LogP contribution in [0, 0.1) is 5.92 Å². The molecule has 0 spiro atoms. The Morgan fingerprint density at radius 2 is 2.03 bits per heavy atom. The number of carboxylic acid groups (broad SMARTS) is 1. The second kappa shape index (κ2) is 7.92. The summed E-state index contributed by atoms with van der Waals surface area (Å²) in [6.07, 6.45) is -2.80. The number of thioether (sulfide) groups is 1. The maximum absolute atomic E-state index is 13.1. The molecule has 0 radical (unpaired) electrons. The van der Waals surface area contributed by atoms with Crippen LogP contribution in [0.2, 0.25) is 0 Å². The molecule has 1 fully saturated rings. The van der Waals surface area contributed by atoms with E-state index in [9.17, 15) is 31.5 Å². The number of nitrogens with one attached hydrogen (secondary N) is 1. The van der Waals surface area contributed by atoms with Gasteiger partial charge in [0.25, 0.3) is 0 Å². The predicted molar refractivity (Wildman–Crippen MR) is 111 cm³/mol. The first-order valence-corrected chi connectivity index (χ1v) is 12.2. The lowest BCUT2D eigenvalue weighted by molar-refractivity contribution is -0.155. The summed E-state index contributed by atoms with van der Waals surface area (Å²) >= 11 is 0.809. The van der Waals surface area contributed by atoms with Gasteiger partial charge in [-0.15, -0.1) is 11.8 Å². The third kappa shape index (κ3) is 3.84. The molecule has 2 heterocycles. The van der Waals surface area contributed by atoms with Gasteiger partial charge in [0.15, 0.2) is 0 Å². The smallest absolute Gasteiger partial charge is 0.452 e. The molecule has 0 amide bonds. The van der Waals surface area contributed by atoms with Crippen LogP contribution >= 0.6 is 11.8 Å². The zero-order chi connectivity index (χ0) is 23.3. The van der Waals surface area contributed by atoms with E-state index < -0.39 is 49.9 Å². The number of aromatic nitrogens is 1. The van der Waals surface area contributed by atoms with Crippen molar-refractivity contribution in [1.82, 2.24) is 9.88 Å². The third-order valence-electron chi connectivity index (χ3n) is 5.77. The number of alkyl halides is 3. The summed E-state index contributed by atoms with van der Waals surface area (Å²) < 4.78 is 70.1. The van der Waals surface area contributed by atoms with E-state index in [1.807, 2.05) is 0 Å². The van der Waals surface area contributed by atoms with Crippen LogP contribution in [0.4, 0.5) is 13.2 Å². The number of halogens is 3. The minimum atomic E-state index is -4.70. The minimum absolute atomic E-state index is 0.00790. The van der Waals surface area contributed by atoms with E-state index in [0.717, 1.165) is 17.3 Å². The van der Waals surface area contributed by atoms with Gasteiger partial charge >= 0.3 is 12.1 Å². The average molecular weight is 489 g/mol. The van der Waals surface area contributed by atoms with Gasteiger partial charge < -0.3 is 9.63 Å². The van der Waals surface area contributed by atoms with Crippen molar-refractivity contribution in [3.8, 4) is 0 Å². The van der Waals surface area contributed by atoms with Gasteiger partial charge in [0, 0.05) is 16.9 Å². The molecule has 2 aliphatic rings. The first-order valence-electron chi connectivity index (χ1n) is 9.73. The number of nitrogens with zero attached hydrogens (tertiary/aromatic N) is 1. The van der Waals surface area contributed by atoms with E-state index >= 15 is 0 Å². The minimum Gasteiger partial charge on any atom is -0.480 e. The number of allylic oxidation sites excluding steroid dienone is 1. The number of carbonyl (C=O) groups is 1. The lowest BCUT2D eigenvalue weighted by Crippen LogP contribution is -2.48. The summed E-state index contributed by atoms with van der Waals surface area (Å²) in [6.45, 7) is 1.80. The molecule has 1 saturated carbocycles. The molecule has 2 N–H and O–H groups in total. The number of rotatable bonds is 7. The number of aliphatic carboxylic acids is 1. The Labute approximate surface area is 186 Å². The number of hydrogen-bond acceptors (Lipinski definition) is 6. The fourth-order valence-corrected chi connectivity index (χ4v) is 7.43. The second-order valence-corrected chi connectivity index (χ2v) is 11.1. The van der Waals surface area contributed by atoms with Crippen LogP contribution in [-0.2, 0) is 21.0 Å². The highest BCUT2D eigenvalue weighted by molar-refractivity contribution is 8.18. The summed E-state index contributed by atoms with van der Waals surface area (Å²) in [5, 5.41) is 13.4. The van der Waals surface area contributed by atoms with Gasteiger partial charge in [-0.1, -0.05) is 54.9 Å². The fourth-order valence-electron chi connectivity index (χ4n) is 4.27. The summed E-state index contributed by atoms with van der Waals surface area (Å²) in [5.74, 6) is -3.49. The molecule has 7 nitrogen and oxygen atoms in total. The van der Waals surface area contributed by atoms with Gasteiger partial charge in [0.1, 0.15) is 15.8 Å². The lowest BCUT2D eigenvalue weighted by atomic mass is 10.1. The van der Waals surface area contributed by atoms with Crippen molar-refractivity contribution in [1.29, 1.82) is 0 Å². The lowest BCUT2D eigenvalue weighted by Gasteiger charge is -2.19. The molecule has 2 unspecified atom stereocenters. The summed E-state index contributed by atoms with van der Waals surface area (Å²) in [4.78, 5) is 12.5. The van der Waals surface area contributed by atoms with Crippen molar-refractivity contribution in [3.63, 3.8) is 0 Å². The zero-order valence-corrected chi connectivity index (χ0v) is 18.3. The quantitative estimate of drug-likeness (QED) is 0.605. The highest BCUT2D eigenvalue weighted by Crippen LogP contribution is 2.60. The maximum atomic E-state index is 13.1. The molecular weight excluding hydrogens is 469 g/mol. The summed E-state index contributed by atoms with van der Waals surface area (Å²) in [6, 6.07) is 9.54. The van der Waals surface area contributed by atoms with Gasteiger partial charge in [0.05, 0.1) is 0 Å². The second-order valence-electron chi connectivity index (χ2n) is 7.65. The molecular formula is C20H19F3N2O5S2. The normalized spacial score (nSPS) is 27.9. The first-order chi connectivity index (χ1) is 15.0. The van der Waals surface area contributed by atoms with E-state index in [2.05, 4.69) is 14.4 Å². The summed E-state index contributed by atoms with van der Waals surface area (Å²) in [7, 11) is -4.15. The van der Waals surface area contributed by atoms with Crippen LogP contribution in [0.5, 0.6) is 0 Å². The Balaban J connectivity index is 1.54.